The molecule has 0 aromatic rings. The van der Waals surface area contributed by atoms with Crippen molar-refractivity contribution >= 4 is 0 Å². The first-order chi connectivity index (χ1) is 5.86. The third-order valence-electron chi connectivity index (χ3n) is 1.89. The molecular weight excluding hydrogens is 150 g/mol. The number of hydrogen-bond acceptors (Lipinski definition) is 2. The van der Waals surface area contributed by atoms with Gasteiger partial charge in [0.05, 0.1) is 5.70 Å². The van der Waals surface area contributed by atoms with Crippen LogP contribution in [0.3, 0.4) is 0 Å². The van der Waals surface area contributed by atoms with E-state index in [0.717, 1.165) is 17.9 Å². The summed E-state index contributed by atoms with van der Waals surface area (Å²) < 4.78 is 5.34. The van der Waals surface area contributed by atoms with Crippen LogP contribution in [0.5, 0.6) is 0 Å². The van der Waals surface area contributed by atoms with Crippen molar-refractivity contribution in [1.29, 1.82) is 0 Å². The van der Waals surface area contributed by atoms with Crippen LogP contribution in [0.4, 0.5) is 0 Å². The van der Waals surface area contributed by atoms with Crippen LogP contribution in [0, 0.1) is 0 Å². The fourth-order valence-corrected chi connectivity index (χ4v) is 1.27. The molecule has 1 aliphatic heterocycles. The largest absolute Gasteiger partial charge is 0.461 e. The lowest BCUT2D eigenvalue weighted by molar-refractivity contribution is 0.342. The Balaban J connectivity index is 2.36. The number of fused-ring (bicyclic) bond motifs is 1. The van der Waals surface area contributed by atoms with Gasteiger partial charge in [0, 0.05) is 6.20 Å². The molecule has 1 N–H and O–H groups in total. The molecular formula is C10H11NO. The van der Waals surface area contributed by atoms with Gasteiger partial charge in [-0.3, -0.25) is 0 Å². The third kappa shape index (κ3) is 1.28. The molecule has 2 rings (SSSR count). The highest BCUT2D eigenvalue weighted by atomic mass is 16.5. The van der Waals surface area contributed by atoms with Gasteiger partial charge < -0.3 is 10.1 Å². The first kappa shape index (κ1) is 7.22. The van der Waals surface area contributed by atoms with E-state index in [1.54, 1.807) is 12.5 Å². The maximum absolute atomic E-state index is 5.34. The van der Waals surface area contributed by atoms with Gasteiger partial charge in [0.15, 0.2) is 0 Å². The zero-order valence-corrected chi connectivity index (χ0v) is 7.00. The summed E-state index contributed by atoms with van der Waals surface area (Å²) in [5.74, 6) is 0.906. The third-order valence-corrected chi connectivity index (χ3v) is 1.89. The van der Waals surface area contributed by atoms with E-state index in [0.29, 0.717) is 0 Å². The molecule has 2 aliphatic rings. The molecule has 0 saturated heterocycles. The minimum absolute atomic E-state index is 0.906. The number of allylic oxidation sites excluding steroid dienone is 4. The quantitative estimate of drug-likeness (QED) is 0.588. The van der Waals surface area contributed by atoms with E-state index in [2.05, 4.69) is 24.4 Å². The summed E-state index contributed by atoms with van der Waals surface area (Å²) in [6.07, 6.45) is 10.7. The SMILES string of the molecule is CC1=CCC=C2NC=COC2=C1. The van der Waals surface area contributed by atoms with E-state index in [4.69, 9.17) is 4.74 Å². The second kappa shape index (κ2) is 2.89. The predicted molar refractivity (Wildman–Crippen MR) is 47.9 cm³/mol. The predicted octanol–water partition coefficient (Wildman–Crippen LogP) is 2.20. The number of nitrogens with one attached hydrogen (secondary N) is 1. The van der Waals surface area contributed by atoms with Crippen molar-refractivity contribution in [3.63, 3.8) is 0 Å². The Labute approximate surface area is 71.9 Å². The number of ether oxygens (including phenoxy) is 1. The van der Waals surface area contributed by atoms with E-state index < -0.39 is 0 Å². The van der Waals surface area contributed by atoms with Crippen LogP contribution in [0.25, 0.3) is 0 Å². The highest BCUT2D eigenvalue weighted by Gasteiger charge is 2.09. The van der Waals surface area contributed by atoms with Crippen LogP contribution in [-0.2, 0) is 4.74 Å². The number of hydrogen-bond donors (Lipinski definition) is 1. The van der Waals surface area contributed by atoms with Crippen molar-refractivity contribution in [2.24, 2.45) is 0 Å². The van der Waals surface area contributed by atoms with Gasteiger partial charge in [0.25, 0.3) is 0 Å². The van der Waals surface area contributed by atoms with Gasteiger partial charge in [0.2, 0.25) is 0 Å². The lowest BCUT2D eigenvalue weighted by atomic mass is 10.2. The van der Waals surface area contributed by atoms with Gasteiger partial charge >= 0.3 is 0 Å². The smallest absolute Gasteiger partial charge is 0.149 e. The van der Waals surface area contributed by atoms with Crippen LogP contribution >= 0.6 is 0 Å². The van der Waals surface area contributed by atoms with E-state index in [1.807, 2.05) is 6.08 Å². The Bertz CT molecular complexity index is 308. The lowest BCUT2D eigenvalue weighted by Crippen LogP contribution is -2.12. The zero-order chi connectivity index (χ0) is 8.39. The summed E-state index contributed by atoms with van der Waals surface area (Å²) in [5.41, 5.74) is 2.30. The molecule has 2 heteroatoms. The van der Waals surface area contributed by atoms with Crippen LogP contribution in [-0.4, -0.2) is 0 Å². The van der Waals surface area contributed by atoms with E-state index in [9.17, 15) is 0 Å². The highest BCUT2D eigenvalue weighted by Crippen LogP contribution is 2.19. The van der Waals surface area contributed by atoms with E-state index >= 15 is 0 Å². The minimum atomic E-state index is 0.906. The Hall–Kier alpha value is -1.44. The molecule has 62 valence electrons. The van der Waals surface area contributed by atoms with Crippen molar-refractivity contribution < 1.29 is 4.74 Å². The maximum atomic E-state index is 5.34. The summed E-state index contributed by atoms with van der Waals surface area (Å²) in [7, 11) is 0. The van der Waals surface area contributed by atoms with Crippen molar-refractivity contribution in [1.82, 2.24) is 5.32 Å². The summed E-state index contributed by atoms with van der Waals surface area (Å²) in [6.45, 7) is 2.07. The molecule has 0 unspecified atom stereocenters. The van der Waals surface area contributed by atoms with Gasteiger partial charge in [-0.25, -0.2) is 0 Å². The van der Waals surface area contributed by atoms with Crippen LogP contribution in [0.1, 0.15) is 13.3 Å². The molecule has 0 fully saturated rings. The summed E-state index contributed by atoms with van der Waals surface area (Å²) in [4.78, 5) is 0. The fourth-order valence-electron chi connectivity index (χ4n) is 1.27. The minimum Gasteiger partial charge on any atom is -0.461 e. The van der Waals surface area contributed by atoms with Crippen molar-refractivity contribution in [3.8, 4) is 0 Å². The summed E-state index contributed by atoms with van der Waals surface area (Å²) in [5, 5.41) is 3.14. The topological polar surface area (TPSA) is 21.3 Å². The molecule has 0 amide bonds. The van der Waals surface area contributed by atoms with Gasteiger partial charge in [0.1, 0.15) is 12.0 Å². The van der Waals surface area contributed by atoms with Gasteiger partial charge in [-0.1, -0.05) is 17.7 Å². The molecule has 0 spiro atoms. The van der Waals surface area contributed by atoms with Gasteiger partial charge in [-0.2, -0.15) is 0 Å². The Morgan fingerprint density at radius 3 is 3.25 bits per heavy atom. The molecule has 0 aromatic carbocycles. The monoisotopic (exact) mass is 161 g/mol. The Kier molecular flexibility index (Phi) is 1.74. The van der Waals surface area contributed by atoms with Crippen molar-refractivity contribution in [2.75, 3.05) is 0 Å². The molecule has 2 nitrogen and oxygen atoms in total. The van der Waals surface area contributed by atoms with Crippen LogP contribution in [0.2, 0.25) is 0 Å². The molecule has 12 heavy (non-hydrogen) atoms. The number of rotatable bonds is 0. The second-order valence-electron chi connectivity index (χ2n) is 2.88. The summed E-state index contributed by atoms with van der Waals surface area (Å²) >= 11 is 0. The second-order valence-corrected chi connectivity index (χ2v) is 2.88. The average molecular weight is 161 g/mol. The van der Waals surface area contributed by atoms with Crippen LogP contribution in [0.15, 0.2) is 47.7 Å². The van der Waals surface area contributed by atoms with Crippen molar-refractivity contribution in [3.05, 3.63) is 47.7 Å². The normalized spacial score (nSPS) is 20.6. The van der Waals surface area contributed by atoms with E-state index in [-0.39, 0.29) is 0 Å². The molecule has 0 radical (unpaired) electrons. The van der Waals surface area contributed by atoms with Gasteiger partial charge in [-0.15, -0.1) is 0 Å². The molecule has 0 atom stereocenters. The first-order valence-electron chi connectivity index (χ1n) is 4.03. The molecule has 0 bridgehead atoms. The van der Waals surface area contributed by atoms with E-state index in [1.165, 1.54) is 5.57 Å². The lowest BCUT2D eigenvalue weighted by Gasteiger charge is -2.14. The Morgan fingerprint density at radius 2 is 2.33 bits per heavy atom. The standard InChI is InChI=1S/C10H11NO/c1-8-3-2-4-9-10(7-8)12-6-5-11-9/h3-7,11H,2H2,1H3. The summed E-state index contributed by atoms with van der Waals surface area (Å²) in [6, 6.07) is 0. The maximum Gasteiger partial charge on any atom is 0.149 e. The first-order valence-corrected chi connectivity index (χ1v) is 4.03. The average Bonchev–Trinajstić information content (AvgIpc) is 2.25. The van der Waals surface area contributed by atoms with Crippen LogP contribution < -0.4 is 5.32 Å². The van der Waals surface area contributed by atoms with Gasteiger partial charge in [-0.05, 0) is 19.4 Å². The zero-order valence-electron chi connectivity index (χ0n) is 7.00. The molecule has 0 aromatic heterocycles. The molecule has 1 aliphatic carbocycles. The highest BCUT2D eigenvalue weighted by molar-refractivity contribution is 5.37. The molecule has 0 saturated carbocycles. The molecule has 1 heterocycles. The fraction of sp³-hybridized carbons (Fsp3) is 0.200. The Morgan fingerprint density at radius 1 is 1.42 bits per heavy atom. The van der Waals surface area contributed by atoms with Crippen molar-refractivity contribution in [2.45, 2.75) is 13.3 Å².